The maximum atomic E-state index is 5.38. The summed E-state index contributed by atoms with van der Waals surface area (Å²) in [6.07, 6.45) is 2.60. The lowest BCUT2D eigenvalue weighted by molar-refractivity contribution is 0.466. The minimum absolute atomic E-state index is 0.306. The van der Waals surface area contributed by atoms with Gasteiger partial charge in [-0.05, 0) is 59.5 Å². The van der Waals surface area contributed by atoms with Crippen LogP contribution in [-0.2, 0) is 6.42 Å². The van der Waals surface area contributed by atoms with E-state index in [0.717, 1.165) is 12.2 Å². The van der Waals surface area contributed by atoms with Gasteiger partial charge in [0, 0.05) is 16.0 Å². The van der Waals surface area contributed by atoms with Crippen LogP contribution in [0.1, 0.15) is 17.4 Å². The van der Waals surface area contributed by atoms with Crippen molar-refractivity contribution in [3.63, 3.8) is 0 Å². The molecule has 1 aromatic heterocycles. The second-order valence-electron chi connectivity index (χ2n) is 3.68. The van der Waals surface area contributed by atoms with E-state index >= 15 is 0 Å². The van der Waals surface area contributed by atoms with E-state index in [-0.39, 0.29) is 0 Å². The molecule has 0 fully saturated rings. The highest BCUT2D eigenvalue weighted by Crippen LogP contribution is 2.20. The van der Waals surface area contributed by atoms with Gasteiger partial charge in [-0.15, -0.1) is 0 Å². The zero-order valence-corrected chi connectivity index (χ0v) is 11.3. The molecule has 1 unspecified atom stereocenters. The first-order chi connectivity index (χ1) is 7.79. The number of furan rings is 1. The molecule has 0 aliphatic rings. The summed E-state index contributed by atoms with van der Waals surface area (Å²) in [5, 5.41) is 3.32. The third-order valence-electron chi connectivity index (χ3n) is 2.58. The first-order valence-corrected chi connectivity index (χ1v) is 6.32. The molecule has 0 amide bonds. The van der Waals surface area contributed by atoms with Crippen molar-refractivity contribution in [2.24, 2.45) is 0 Å². The lowest BCUT2D eigenvalue weighted by atomic mass is 10.0. The number of benzene rings is 1. The molecule has 0 saturated carbocycles. The van der Waals surface area contributed by atoms with Gasteiger partial charge in [0.15, 0.2) is 0 Å². The highest BCUT2D eigenvalue weighted by Gasteiger charge is 2.11. The molecule has 1 heterocycles. The Labute approximate surface area is 109 Å². The van der Waals surface area contributed by atoms with E-state index in [9.17, 15) is 0 Å². The Bertz CT molecular complexity index is 439. The number of likely N-dealkylation sites (N-methyl/N-ethyl adjacent to an activating group) is 1. The Morgan fingerprint density at radius 1 is 1.31 bits per heavy atom. The molecular formula is C13H14INO. The van der Waals surface area contributed by atoms with E-state index < -0.39 is 0 Å². The number of hydrogen-bond acceptors (Lipinski definition) is 2. The molecule has 0 radical (unpaired) electrons. The Morgan fingerprint density at radius 3 is 2.81 bits per heavy atom. The van der Waals surface area contributed by atoms with Crippen LogP contribution in [0.5, 0.6) is 0 Å². The normalized spacial score (nSPS) is 12.6. The van der Waals surface area contributed by atoms with Gasteiger partial charge in [-0.2, -0.15) is 0 Å². The second kappa shape index (κ2) is 5.50. The third kappa shape index (κ3) is 2.86. The maximum absolute atomic E-state index is 5.38. The zero-order valence-electron chi connectivity index (χ0n) is 9.11. The van der Waals surface area contributed by atoms with E-state index in [2.05, 4.69) is 52.2 Å². The summed E-state index contributed by atoms with van der Waals surface area (Å²) >= 11 is 2.33. The van der Waals surface area contributed by atoms with E-state index in [1.165, 1.54) is 9.13 Å². The van der Waals surface area contributed by atoms with Crippen molar-refractivity contribution in [1.82, 2.24) is 5.32 Å². The highest BCUT2D eigenvalue weighted by molar-refractivity contribution is 14.1. The van der Waals surface area contributed by atoms with Crippen LogP contribution in [0.4, 0.5) is 0 Å². The topological polar surface area (TPSA) is 25.2 Å². The summed E-state index contributed by atoms with van der Waals surface area (Å²) in [6.45, 7) is 0. The molecule has 84 valence electrons. The SMILES string of the molecule is CNC(Cc1ccco1)c1cccc(I)c1. The second-order valence-corrected chi connectivity index (χ2v) is 4.93. The molecule has 2 aromatic rings. The average molecular weight is 327 g/mol. The number of hydrogen-bond donors (Lipinski definition) is 1. The van der Waals surface area contributed by atoms with Crippen LogP contribution in [0.3, 0.4) is 0 Å². The van der Waals surface area contributed by atoms with E-state index in [4.69, 9.17) is 4.42 Å². The van der Waals surface area contributed by atoms with Crippen molar-refractivity contribution in [3.8, 4) is 0 Å². The molecule has 1 aromatic carbocycles. The fourth-order valence-electron chi connectivity index (χ4n) is 1.74. The van der Waals surface area contributed by atoms with Crippen LogP contribution >= 0.6 is 22.6 Å². The van der Waals surface area contributed by atoms with Crippen molar-refractivity contribution < 1.29 is 4.42 Å². The summed E-state index contributed by atoms with van der Waals surface area (Å²) in [4.78, 5) is 0. The predicted octanol–water partition coefficient (Wildman–Crippen LogP) is 3.39. The van der Waals surface area contributed by atoms with Gasteiger partial charge in [0.2, 0.25) is 0 Å². The monoisotopic (exact) mass is 327 g/mol. The molecule has 2 rings (SSSR count). The molecule has 0 spiro atoms. The average Bonchev–Trinajstić information content (AvgIpc) is 2.78. The van der Waals surface area contributed by atoms with Crippen molar-refractivity contribution in [1.29, 1.82) is 0 Å². The molecule has 0 aliphatic carbocycles. The van der Waals surface area contributed by atoms with Gasteiger partial charge in [0.1, 0.15) is 5.76 Å². The minimum Gasteiger partial charge on any atom is -0.469 e. The van der Waals surface area contributed by atoms with Crippen LogP contribution in [0, 0.1) is 3.57 Å². The minimum atomic E-state index is 0.306. The molecule has 16 heavy (non-hydrogen) atoms. The zero-order chi connectivity index (χ0) is 11.4. The van der Waals surface area contributed by atoms with E-state index in [1.807, 2.05) is 19.2 Å². The van der Waals surface area contributed by atoms with Crippen LogP contribution in [0.2, 0.25) is 0 Å². The van der Waals surface area contributed by atoms with Gasteiger partial charge in [-0.25, -0.2) is 0 Å². The summed E-state index contributed by atoms with van der Waals surface area (Å²) < 4.78 is 6.63. The Hall–Kier alpha value is -0.810. The molecule has 0 saturated heterocycles. The molecule has 1 N–H and O–H groups in total. The number of nitrogens with one attached hydrogen (secondary N) is 1. The van der Waals surface area contributed by atoms with Crippen LogP contribution in [0.15, 0.2) is 47.1 Å². The fraction of sp³-hybridized carbons (Fsp3) is 0.231. The summed E-state index contributed by atoms with van der Waals surface area (Å²) in [5.41, 5.74) is 1.30. The van der Waals surface area contributed by atoms with Gasteiger partial charge in [0.05, 0.1) is 6.26 Å². The van der Waals surface area contributed by atoms with E-state index in [1.54, 1.807) is 6.26 Å². The number of rotatable bonds is 4. The predicted molar refractivity (Wildman–Crippen MR) is 73.4 cm³/mol. The molecule has 2 nitrogen and oxygen atoms in total. The Balaban J connectivity index is 2.16. The quantitative estimate of drug-likeness (QED) is 0.871. The van der Waals surface area contributed by atoms with Crippen LogP contribution < -0.4 is 5.32 Å². The van der Waals surface area contributed by atoms with Crippen LogP contribution in [0.25, 0.3) is 0 Å². The molecule has 3 heteroatoms. The molecule has 0 aliphatic heterocycles. The fourth-order valence-corrected chi connectivity index (χ4v) is 2.31. The lowest BCUT2D eigenvalue weighted by Gasteiger charge is -2.15. The first-order valence-electron chi connectivity index (χ1n) is 5.24. The molecule has 0 bridgehead atoms. The van der Waals surface area contributed by atoms with Crippen LogP contribution in [-0.4, -0.2) is 7.05 Å². The Kier molecular flexibility index (Phi) is 4.01. The molecular weight excluding hydrogens is 313 g/mol. The van der Waals surface area contributed by atoms with E-state index in [0.29, 0.717) is 6.04 Å². The smallest absolute Gasteiger partial charge is 0.105 e. The van der Waals surface area contributed by atoms with Crippen molar-refractivity contribution >= 4 is 22.6 Å². The van der Waals surface area contributed by atoms with Gasteiger partial charge >= 0.3 is 0 Å². The summed E-state index contributed by atoms with van der Waals surface area (Å²) in [7, 11) is 1.98. The standard InChI is InChI=1S/C13H14INO/c1-15-13(9-12-6-3-7-16-12)10-4-2-5-11(14)8-10/h2-8,13,15H,9H2,1H3. The van der Waals surface area contributed by atoms with Crippen molar-refractivity contribution in [2.75, 3.05) is 7.05 Å². The highest BCUT2D eigenvalue weighted by atomic mass is 127. The number of halogens is 1. The van der Waals surface area contributed by atoms with Gasteiger partial charge in [-0.3, -0.25) is 0 Å². The maximum Gasteiger partial charge on any atom is 0.105 e. The summed E-state index contributed by atoms with van der Waals surface area (Å²) in [6, 6.07) is 12.8. The van der Waals surface area contributed by atoms with Gasteiger partial charge in [-0.1, -0.05) is 12.1 Å². The van der Waals surface area contributed by atoms with Gasteiger partial charge in [0.25, 0.3) is 0 Å². The van der Waals surface area contributed by atoms with Crippen molar-refractivity contribution in [3.05, 3.63) is 57.6 Å². The third-order valence-corrected chi connectivity index (χ3v) is 3.26. The largest absolute Gasteiger partial charge is 0.469 e. The van der Waals surface area contributed by atoms with Crippen molar-refractivity contribution in [2.45, 2.75) is 12.5 Å². The van der Waals surface area contributed by atoms with Gasteiger partial charge < -0.3 is 9.73 Å². The lowest BCUT2D eigenvalue weighted by Crippen LogP contribution is -2.18. The first kappa shape index (κ1) is 11.7. The summed E-state index contributed by atoms with van der Waals surface area (Å²) in [5.74, 6) is 1.01. The Morgan fingerprint density at radius 2 is 2.19 bits per heavy atom. The molecule has 1 atom stereocenters.